The molecule has 7 heteroatoms. The van der Waals surface area contributed by atoms with Crippen molar-refractivity contribution in [3.05, 3.63) is 80.5 Å². The minimum absolute atomic E-state index is 0.112. The standard InChI is InChI=1S/C25H26N2O5/c1-14(2)19-9-8-15(3)11-21(19)32-17(5)23(28)22-16(4)20(12-26)24(29)27(25(22)30)13-18-7-6-10-31-18/h6-11,14,17,30H,13H2,1-5H3. The third-order valence-corrected chi connectivity index (χ3v) is 5.40. The van der Waals surface area contributed by atoms with Gasteiger partial charge in [-0.25, -0.2) is 0 Å². The van der Waals surface area contributed by atoms with Crippen LogP contribution in [0.4, 0.5) is 0 Å². The molecule has 0 aliphatic carbocycles. The Morgan fingerprint density at radius 3 is 2.56 bits per heavy atom. The van der Waals surface area contributed by atoms with Crippen molar-refractivity contribution in [2.45, 2.75) is 53.2 Å². The molecule has 0 saturated carbocycles. The molecule has 1 unspecified atom stereocenters. The number of nitriles is 1. The number of hydrogen-bond donors (Lipinski definition) is 1. The first-order valence-electron chi connectivity index (χ1n) is 10.4. The fourth-order valence-electron chi connectivity index (χ4n) is 3.62. The molecule has 1 atom stereocenters. The number of carbonyl (C=O) groups is 1. The number of pyridine rings is 1. The summed E-state index contributed by atoms with van der Waals surface area (Å²) in [6.07, 6.45) is 0.479. The number of carbonyl (C=O) groups excluding carboxylic acids is 1. The number of rotatable bonds is 7. The van der Waals surface area contributed by atoms with Gasteiger partial charge < -0.3 is 14.3 Å². The molecule has 0 radical (unpaired) electrons. The maximum Gasteiger partial charge on any atom is 0.271 e. The van der Waals surface area contributed by atoms with Crippen LogP contribution in [-0.2, 0) is 6.54 Å². The van der Waals surface area contributed by atoms with Crippen LogP contribution >= 0.6 is 0 Å². The number of furan rings is 1. The van der Waals surface area contributed by atoms with E-state index in [-0.39, 0.29) is 29.2 Å². The van der Waals surface area contributed by atoms with Crippen LogP contribution < -0.4 is 10.3 Å². The monoisotopic (exact) mass is 434 g/mol. The van der Waals surface area contributed by atoms with Gasteiger partial charge >= 0.3 is 0 Å². The number of Topliss-reactive ketones (excluding diaryl/α,β-unsaturated/α-hetero) is 1. The lowest BCUT2D eigenvalue weighted by Crippen LogP contribution is -2.31. The predicted octanol–water partition coefficient (Wildman–Crippen LogP) is 4.46. The van der Waals surface area contributed by atoms with E-state index in [1.807, 2.05) is 45.0 Å². The van der Waals surface area contributed by atoms with E-state index in [1.165, 1.54) is 13.2 Å². The molecule has 0 aliphatic rings. The number of hydrogen-bond acceptors (Lipinski definition) is 6. The lowest BCUT2D eigenvalue weighted by Gasteiger charge is -2.21. The first-order valence-corrected chi connectivity index (χ1v) is 10.4. The highest BCUT2D eigenvalue weighted by atomic mass is 16.5. The van der Waals surface area contributed by atoms with E-state index in [0.29, 0.717) is 11.5 Å². The van der Waals surface area contributed by atoms with E-state index in [9.17, 15) is 20.0 Å². The number of ether oxygens (including phenoxy) is 1. The summed E-state index contributed by atoms with van der Waals surface area (Å²) >= 11 is 0. The normalized spacial score (nSPS) is 11.9. The summed E-state index contributed by atoms with van der Waals surface area (Å²) in [6, 6.07) is 10.9. The highest BCUT2D eigenvalue weighted by Gasteiger charge is 2.29. The number of ketones is 1. The number of aromatic nitrogens is 1. The van der Waals surface area contributed by atoms with Gasteiger partial charge in [-0.05, 0) is 61.6 Å². The zero-order valence-corrected chi connectivity index (χ0v) is 18.8. The van der Waals surface area contributed by atoms with Crippen LogP contribution in [0.2, 0.25) is 0 Å². The van der Waals surface area contributed by atoms with Crippen LogP contribution in [0.3, 0.4) is 0 Å². The van der Waals surface area contributed by atoms with Crippen molar-refractivity contribution in [3.63, 3.8) is 0 Å². The molecule has 166 valence electrons. The summed E-state index contributed by atoms with van der Waals surface area (Å²) in [5.41, 5.74) is 1.06. The Morgan fingerprint density at radius 2 is 1.97 bits per heavy atom. The largest absolute Gasteiger partial charge is 0.494 e. The van der Waals surface area contributed by atoms with Crippen molar-refractivity contribution < 1.29 is 19.1 Å². The minimum atomic E-state index is -0.958. The molecule has 32 heavy (non-hydrogen) atoms. The first kappa shape index (κ1) is 22.9. The highest BCUT2D eigenvalue weighted by Crippen LogP contribution is 2.30. The lowest BCUT2D eigenvalue weighted by molar-refractivity contribution is 0.0810. The third kappa shape index (κ3) is 4.30. The second kappa shape index (κ2) is 9.15. The number of nitrogens with zero attached hydrogens (tertiary/aromatic N) is 2. The third-order valence-electron chi connectivity index (χ3n) is 5.40. The molecule has 1 aromatic carbocycles. The van der Waals surface area contributed by atoms with Gasteiger partial charge in [0, 0.05) is 0 Å². The van der Waals surface area contributed by atoms with Gasteiger partial charge in [0.2, 0.25) is 11.7 Å². The van der Waals surface area contributed by atoms with Gasteiger partial charge in [-0.15, -0.1) is 0 Å². The van der Waals surface area contributed by atoms with Crippen LogP contribution in [0.5, 0.6) is 11.6 Å². The summed E-state index contributed by atoms with van der Waals surface area (Å²) in [6.45, 7) is 8.94. The molecule has 3 aromatic rings. The zero-order valence-electron chi connectivity index (χ0n) is 18.8. The van der Waals surface area contributed by atoms with Crippen molar-refractivity contribution >= 4 is 5.78 Å². The Balaban J connectivity index is 2.05. The fourth-order valence-corrected chi connectivity index (χ4v) is 3.62. The Bertz CT molecular complexity index is 1250. The Hall–Kier alpha value is -3.79. The molecule has 0 spiro atoms. The van der Waals surface area contributed by atoms with Crippen molar-refractivity contribution in [1.29, 1.82) is 5.26 Å². The van der Waals surface area contributed by atoms with E-state index in [1.54, 1.807) is 19.1 Å². The summed E-state index contributed by atoms with van der Waals surface area (Å²) in [5.74, 6) is 0.127. The quantitative estimate of drug-likeness (QED) is 0.551. The van der Waals surface area contributed by atoms with E-state index in [4.69, 9.17) is 9.15 Å². The molecule has 0 saturated heterocycles. The van der Waals surface area contributed by atoms with Crippen molar-refractivity contribution in [3.8, 4) is 17.7 Å². The molecule has 7 nitrogen and oxygen atoms in total. The van der Waals surface area contributed by atoms with Gasteiger partial charge in [0.05, 0.1) is 18.4 Å². The minimum Gasteiger partial charge on any atom is -0.494 e. The topological polar surface area (TPSA) is 105 Å². The maximum atomic E-state index is 13.4. The van der Waals surface area contributed by atoms with Gasteiger partial charge in [-0.2, -0.15) is 5.26 Å². The maximum absolute atomic E-state index is 13.4. The average molecular weight is 434 g/mol. The van der Waals surface area contributed by atoms with Crippen LogP contribution in [0.1, 0.15) is 65.1 Å². The smallest absolute Gasteiger partial charge is 0.271 e. The van der Waals surface area contributed by atoms with Gasteiger partial charge in [-0.1, -0.05) is 26.0 Å². The molecule has 1 N–H and O–H groups in total. The summed E-state index contributed by atoms with van der Waals surface area (Å²) in [4.78, 5) is 26.1. The van der Waals surface area contributed by atoms with Crippen LogP contribution in [0.15, 0.2) is 45.8 Å². The van der Waals surface area contributed by atoms with Crippen LogP contribution in [-0.4, -0.2) is 21.6 Å². The second-order valence-electron chi connectivity index (χ2n) is 8.10. The average Bonchev–Trinajstić information content (AvgIpc) is 3.24. The summed E-state index contributed by atoms with van der Waals surface area (Å²) in [7, 11) is 0. The molecule has 2 heterocycles. The fraction of sp³-hybridized carbons (Fsp3) is 0.320. The first-order chi connectivity index (χ1) is 15.1. The van der Waals surface area contributed by atoms with E-state index in [0.717, 1.165) is 15.7 Å². The van der Waals surface area contributed by atoms with Gasteiger partial charge in [-0.3, -0.25) is 14.2 Å². The van der Waals surface area contributed by atoms with E-state index >= 15 is 0 Å². The Morgan fingerprint density at radius 1 is 1.25 bits per heavy atom. The van der Waals surface area contributed by atoms with E-state index in [2.05, 4.69) is 0 Å². The molecule has 0 bridgehead atoms. The predicted molar refractivity (Wildman–Crippen MR) is 119 cm³/mol. The Labute approximate surface area is 186 Å². The van der Waals surface area contributed by atoms with Crippen molar-refractivity contribution in [2.75, 3.05) is 0 Å². The van der Waals surface area contributed by atoms with Crippen molar-refractivity contribution in [2.24, 2.45) is 0 Å². The molecular formula is C25H26N2O5. The molecule has 0 fully saturated rings. The Kier molecular flexibility index (Phi) is 6.54. The number of benzene rings is 1. The molecule has 2 aromatic heterocycles. The molecular weight excluding hydrogens is 408 g/mol. The lowest BCUT2D eigenvalue weighted by atomic mass is 9.98. The van der Waals surface area contributed by atoms with Crippen LogP contribution in [0, 0.1) is 25.2 Å². The zero-order chi connectivity index (χ0) is 23.6. The van der Waals surface area contributed by atoms with E-state index < -0.39 is 23.3 Å². The highest BCUT2D eigenvalue weighted by molar-refractivity contribution is 6.03. The second-order valence-corrected chi connectivity index (χ2v) is 8.10. The molecule has 0 amide bonds. The SMILES string of the molecule is Cc1ccc(C(C)C)c(OC(C)C(=O)c2c(C)c(C#N)c(=O)n(Cc3ccco3)c2O)c1. The summed E-state index contributed by atoms with van der Waals surface area (Å²) < 4.78 is 12.2. The number of aryl methyl sites for hydroxylation is 1. The number of aromatic hydroxyl groups is 1. The van der Waals surface area contributed by atoms with Crippen LogP contribution in [0.25, 0.3) is 0 Å². The molecule has 0 aliphatic heterocycles. The van der Waals surface area contributed by atoms with Crippen molar-refractivity contribution in [1.82, 2.24) is 4.57 Å². The van der Waals surface area contributed by atoms with Gasteiger partial charge in [0.25, 0.3) is 5.56 Å². The summed E-state index contributed by atoms with van der Waals surface area (Å²) in [5, 5.41) is 20.4. The molecule has 3 rings (SSSR count). The van der Waals surface area contributed by atoms with Gasteiger partial charge in [0.15, 0.2) is 6.10 Å². The van der Waals surface area contributed by atoms with Gasteiger partial charge in [0.1, 0.15) is 23.1 Å².